The summed E-state index contributed by atoms with van der Waals surface area (Å²) < 4.78 is 12.7. The Hall–Kier alpha value is -2.28. The first-order chi connectivity index (χ1) is 28.3. The zero-order valence-corrected chi connectivity index (χ0v) is 42.9. The Bertz CT molecular complexity index is 1770. The van der Waals surface area contributed by atoms with Gasteiger partial charge in [0.05, 0.1) is 24.4 Å². The summed E-state index contributed by atoms with van der Waals surface area (Å²) >= 11 is 0. The van der Waals surface area contributed by atoms with Gasteiger partial charge >= 0.3 is 0 Å². The van der Waals surface area contributed by atoms with Crippen LogP contribution in [0.1, 0.15) is 84.1 Å². The number of aryl methyl sites for hydroxylation is 2. The van der Waals surface area contributed by atoms with Gasteiger partial charge < -0.3 is 56.6 Å². The predicted molar refractivity (Wildman–Crippen MR) is 273 cm³/mol. The highest BCUT2D eigenvalue weighted by Crippen LogP contribution is 2.44. The fourth-order valence-electron chi connectivity index (χ4n) is 9.70. The van der Waals surface area contributed by atoms with Crippen LogP contribution in [0.25, 0.3) is 0 Å². The lowest BCUT2D eigenvalue weighted by molar-refractivity contribution is -0.0648. The van der Waals surface area contributed by atoms with E-state index in [-0.39, 0.29) is 121 Å². The van der Waals surface area contributed by atoms with E-state index in [2.05, 4.69) is 70.5 Å². The standard InChI is InChI=1S/2C24H32N2O3.4BrH.H2O/c2*25-16-23-19-8-9-21(27)24(28)20(19)15-22(29-23)18-10-13-26(14-11-18)12-4-7-17-5-2-1-3-6-17;;;;;/h2*1-3,5-6,8-9,18,22-23,27-28H,4,7,10-16,25H2;4*1H;1H2. The van der Waals surface area contributed by atoms with Crippen LogP contribution in [0.2, 0.25) is 0 Å². The van der Waals surface area contributed by atoms with Gasteiger partial charge in [0, 0.05) is 37.1 Å². The molecule has 4 aromatic rings. The Morgan fingerprint density at radius 1 is 0.508 bits per heavy atom. The molecule has 0 saturated carbocycles. The molecule has 0 bridgehead atoms. The van der Waals surface area contributed by atoms with Gasteiger partial charge in [-0.25, -0.2) is 0 Å². The Balaban J connectivity index is 0.000000402. The third kappa shape index (κ3) is 14.9. The predicted octanol–water partition coefficient (Wildman–Crippen LogP) is 8.25. The minimum absolute atomic E-state index is 0. The van der Waals surface area contributed by atoms with Crippen molar-refractivity contribution >= 4 is 67.9 Å². The molecule has 63 heavy (non-hydrogen) atoms. The van der Waals surface area contributed by atoms with E-state index in [4.69, 9.17) is 20.9 Å². The first-order valence-corrected chi connectivity index (χ1v) is 21.6. The van der Waals surface area contributed by atoms with Gasteiger partial charge in [0.2, 0.25) is 0 Å². The minimum Gasteiger partial charge on any atom is -0.504 e. The fourth-order valence-corrected chi connectivity index (χ4v) is 9.70. The normalized spacial score (nSPS) is 21.2. The summed E-state index contributed by atoms with van der Waals surface area (Å²) in [4.78, 5) is 5.11. The quantitative estimate of drug-likeness (QED) is 0.0754. The van der Waals surface area contributed by atoms with Crippen LogP contribution in [0.3, 0.4) is 0 Å². The molecular formula is C48H70Br4N4O7. The van der Waals surface area contributed by atoms with Crippen LogP contribution in [0, 0.1) is 11.8 Å². The van der Waals surface area contributed by atoms with Crippen molar-refractivity contribution in [2.45, 2.75) is 88.6 Å². The molecule has 0 spiro atoms. The molecule has 0 aromatic heterocycles. The number of fused-ring (bicyclic) bond motifs is 2. The largest absolute Gasteiger partial charge is 0.504 e. The van der Waals surface area contributed by atoms with Gasteiger partial charge in [-0.2, -0.15) is 0 Å². The summed E-state index contributed by atoms with van der Waals surface area (Å²) in [7, 11) is 0. The minimum atomic E-state index is -0.209. The molecule has 11 nitrogen and oxygen atoms in total. The molecule has 4 heterocycles. The van der Waals surface area contributed by atoms with E-state index in [1.807, 2.05) is 12.1 Å². The van der Waals surface area contributed by atoms with Gasteiger partial charge in [-0.3, -0.25) is 0 Å². The van der Waals surface area contributed by atoms with Crippen LogP contribution in [0.4, 0.5) is 0 Å². The van der Waals surface area contributed by atoms with E-state index in [0.29, 0.717) is 37.8 Å². The number of benzene rings is 4. The van der Waals surface area contributed by atoms with Crippen LogP contribution in [0.5, 0.6) is 23.0 Å². The molecular weight excluding hydrogens is 1060 g/mol. The number of ether oxygens (including phenoxy) is 2. The zero-order chi connectivity index (χ0) is 40.4. The highest BCUT2D eigenvalue weighted by atomic mass is 79.9. The summed E-state index contributed by atoms with van der Waals surface area (Å²) in [6.45, 7) is 7.39. The van der Waals surface area contributed by atoms with Crippen molar-refractivity contribution in [2.75, 3.05) is 52.4 Å². The topological polar surface area (TPSA) is 189 Å². The molecule has 0 aliphatic carbocycles. The molecule has 352 valence electrons. The summed E-state index contributed by atoms with van der Waals surface area (Å²) in [5, 5.41) is 40.5. The lowest BCUT2D eigenvalue weighted by Gasteiger charge is -2.40. The van der Waals surface area contributed by atoms with Crippen molar-refractivity contribution in [1.29, 1.82) is 0 Å². The van der Waals surface area contributed by atoms with Crippen molar-refractivity contribution in [3.05, 3.63) is 118 Å². The average molecular weight is 1130 g/mol. The molecule has 15 heteroatoms. The van der Waals surface area contributed by atoms with Crippen LogP contribution < -0.4 is 11.5 Å². The van der Waals surface area contributed by atoms with Crippen LogP contribution in [-0.2, 0) is 35.2 Å². The van der Waals surface area contributed by atoms with Crippen molar-refractivity contribution in [3.63, 3.8) is 0 Å². The molecule has 10 N–H and O–H groups in total. The summed E-state index contributed by atoms with van der Waals surface area (Å²) in [6.07, 6.45) is 10.00. The smallest absolute Gasteiger partial charge is 0.161 e. The Morgan fingerprint density at radius 2 is 0.857 bits per heavy atom. The van der Waals surface area contributed by atoms with Gasteiger partial charge in [0.1, 0.15) is 0 Å². The third-order valence-electron chi connectivity index (χ3n) is 13.1. The van der Waals surface area contributed by atoms with E-state index in [9.17, 15) is 20.4 Å². The number of halogens is 4. The highest BCUT2D eigenvalue weighted by molar-refractivity contribution is 8.93. The first-order valence-electron chi connectivity index (χ1n) is 21.6. The van der Waals surface area contributed by atoms with Gasteiger partial charge in [-0.1, -0.05) is 72.8 Å². The second kappa shape index (κ2) is 28.0. The van der Waals surface area contributed by atoms with Crippen molar-refractivity contribution in [1.82, 2.24) is 9.80 Å². The average Bonchev–Trinajstić information content (AvgIpc) is 3.27. The maximum absolute atomic E-state index is 10.4. The number of phenolic OH excluding ortho intramolecular Hbond substituents is 4. The second-order valence-electron chi connectivity index (χ2n) is 16.7. The number of aromatic hydroxyl groups is 4. The number of nitrogens with zero attached hydrogens (tertiary/aromatic N) is 2. The van der Waals surface area contributed by atoms with E-state index >= 15 is 0 Å². The summed E-state index contributed by atoms with van der Waals surface area (Å²) in [5.41, 5.74) is 18.2. The Labute approximate surface area is 415 Å². The van der Waals surface area contributed by atoms with Crippen molar-refractivity contribution in [2.24, 2.45) is 23.3 Å². The molecule has 0 amide bonds. The van der Waals surface area contributed by atoms with E-state index in [0.717, 1.165) is 100 Å². The Kier molecular flexibility index (Phi) is 25.3. The van der Waals surface area contributed by atoms with Gasteiger partial charge in [0.25, 0.3) is 0 Å². The van der Waals surface area contributed by atoms with Gasteiger partial charge in [-0.15, -0.1) is 67.9 Å². The highest BCUT2D eigenvalue weighted by Gasteiger charge is 2.37. The molecule has 4 aliphatic heterocycles. The van der Waals surface area contributed by atoms with Crippen molar-refractivity contribution < 1.29 is 35.4 Å². The third-order valence-corrected chi connectivity index (χ3v) is 13.1. The molecule has 2 fully saturated rings. The van der Waals surface area contributed by atoms with E-state index < -0.39 is 0 Å². The fraction of sp³-hybridized carbons (Fsp3) is 0.500. The van der Waals surface area contributed by atoms with Crippen LogP contribution in [0.15, 0.2) is 84.9 Å². The molecule has 4 aliphatic rings. The number of phenols is 4. The van der Waals surface area contributed by atoms with Crippen LogP contribution in [-0.4, -0.2) is 100 Å². The molecule has 4 aromatic carbocycles. The second-order valence-corrected chi connectivity index (χ2v) is 16.7. The summed E-state index contributed by atoms with van der Waals surface area (Å²) in [5.74, 6) is 0.788. The molecule has 8 rings (SSSR count). The monoisotopic (exact) mass is 1130 g/mol. The lowest BCUT2D eigenvalue weighted by atomic mass is 9.83. The van der Waals surface area contributed by atoms with Gasteiger partial charge in [0.15, 0.2) is 23.0 Å². The number of nitrogens with two attached hydrogens (primary N) is 2. The van der Waals surface area contributed by atoms with Gasteiger partial charge in [-0.05, 0) is 137 Å². The van der Waals surface area contributed by atoms with E-state index in [1.54, 1.807) is 0 Å². The molecule has 0 radical (unpaired) electrons. The SMILES string of the molecule is Br.Br.Br.Br.NCC1OC(C2CCN(CCCc3ccccc3)CC2)Cc2c1ccc(O)c2O.NCC1OC(C2CCN(CCCc3ccccc3)CC2)Cc2c1ccc(O)c2O.O. The zero-order valence-electron chi connectivity index (χ0n) is 36.1. The number of rotatable bonds is 12. The summed E-state index contributed by atoms with van der Waals surface area (Å²) in [6, 6.07) is 28.1. The first kappa shape index (κ1) is 56.8. The number of piperidine rings is 2. The molecule has 4 unspecified atom stereocenters. The van der Waals surface area contributed by atoms with Crippen LogP contribution >= 0.6 is 67.9 Å². The lowest BCUT2D eigenvalue weighted by Crippen LogP contribution is -2.42. The molecule has 2 saturated heterocycles. The number of hydrogen-bond donors (Lipinski definition) is 6. The number of likely N-dealkylation sites (tertiary alicyclic amines) is 2. The number of hydrogen-bond acceptors (Lipinski definition) is 10. The molecule has 4 atom stereocenters. The van der Waals surface area contributed by atoms with Crippen molar-refractivity contribution in [3.8, 4) is 23.0 Å². The maximum Gasteiger partial charge on any atom is 0.161 e. The maximum atomic E-state index is 10.4. The van der Waals surface area contributed by atoms with E-state index in [1.165, 1.54) is 36.1 Å². The Morgan fingerprint density at radius 3 is 1.19 bits per heavy atom.